The van der Waals surface area contributed by atoms with Gasteiger partial charge in [-0.15, -0.1) is 0 Å². The number of ether oxygens (including phenoxy) is 1. The molecule has 1 heterocycles. The zero-order valence-electron chi connectivity index (χ0n) is 12.4. The Balaban J connectivity index is 2.25. The van der Waals surface area contributed by atoms with Crippen molar-refractivity contribution in [1.29, 1.82) is 0 Å². The minimum Gasteiger partial charge on any atom is -0.497 e. The number of hydrogen-bond donors (Lipinski definition) is 0. The first-order chi connectivity index (χ1) is 8.97. The Morgan fingerprint density at radius 3 is 2.63 bits per heavy atom. The molecule has 2 aliphatic rings. The maximum Gasteiger partial charge on any atom is 0.136 e. The Bertz CT molecular complexity index is 454. The molecule has 3 unspecified atom stereocenters. The van der Waals surface area contributed by atoms with Crippen molar-refractivity contribution in [3.8, 4) is 0 Å². The summed E-state index contributed by atoms with van der Waals surface area (Å²) in [5.74, 6) is 0.779. The first-order valence-electron chi connectivity index (χ1n) is 7.13. The van der Waals surface area contributed by atoms with E-state index in [2.05, 4.69) is 32.9 Å². The zero-order valence-corrected chi connectivity index (χ0v) is 12.4. The minimum atomic E-state index is 0.0308. The molecule has 0 aromatic heterocycles. The van der Waals surface area contributed by atoms with Gasteiger partial charge < -0.3 is 4.74 Å². The first-order valence-corrected chi connectivity index (χ1v) is 7.13. The second-order valence-electron chi connectivity index (χ2n) is 6.07. The monoisotopic (exact) mass is 260 g/mol. The van der Waals surface area contributed by atoms with Crippen LogP contribution in [0.4, 0.5) is 0 Å². The lowest BCUT2D eigenvalue weighted by Crippen LogP contribution is -2.20. The number of fused-ring (bicyclic) bond motifs is 1. The van der Waals surface area contributed by atoms with Gasteiger partial charge in [-0.2, -0.15) is 0 Å². The van der Waals surface area contributed by atoms with Crippen LogP contribution in [0.25, 0.3) is 0 Å². The highest BCUT2D eigenvalue weighted by Gasteiger charge is 2.29. The third-order valence-electron chi connectivity index (χ3n) is 4.26. The van der Waals surface area contributed by atoms with Crippen molar-refractivity contribution in [2.75, 3.05) is 0 Å². The van der Waals surface area contributed by atoms with Crippen LogP contribution in [0.2, 0.25) is 0 Å². The van der Waals surface area contributed by atoms with Crippen LogP contribution < -0.4 is 0 Å². The molecule has 0 radical (unpaired) electrons. The molecule has 1 aliphatic carbocycles. The second-order valence-corrected chi connectivity index (χ2v) is 6.07. The summed E-state index contributed by atoms with van der Waals surface area (Å²) in [4.78, 5) is 11.7. The van der Waals surface area contributed by atoms with Gasteiger partial charge in [0.25, 0.3) is 0 Å². The van der Waals surface area contributed by atoms with E-state index in [1.165, 1.54) is 16.7 Å². The van der Waals surface area contributed by atoms with Gasteiger partial charge in [0.2, 0.25) is 0 Å². The van der Waals surface area contributed by atoms with Crippen LogP contribution in [0.1, 0.15) is 47.0 Å². The summed E-state index contributed by atoms with van der Waals surface area (Å²) < 4.78 is 5.79. The largest absolute Gasteiger partial charge is 0.497 e. The van der Waals surface area contributed by atoms with Gasteiger partial charge in [0.15, 0.2) is 0 Å². The fourth-order valence-corrected chi connectivity index (χ4v) is 3.01. The summed E-state index contributed by atoms with van der Waals surface area (Å²) in [5.41, 5.74) is 3.92. The summed E-state index contributed by atoms with van der Waals surface area (Å²) in [7, 11) is 0. The molecule has 0 fully saturated rings. The molecule has 2 rings (SSSR count). The van der Waals surface area contributed by atoms with Crippen LogP contribution in [0.5, 0.6) is 0 Å². The first kappa shape index (κ1) is 14.1. The molecule has 19 heavy (non-hydrogen) atoms. The molecule has 1 aliphatic heterocycles. The Morgan fingerprint density at radius 1 is 1.21 bits per heavy atom. The molecule has 2 nitrogen and oxygen atoms in total. The van der Waals surface area contributed by atoms with Crippen LogP contribution >= 0.6 is 0 Å². The van der Waals surface area contributed by atoms with E-state index in [1.807, 2.05) is 6.26 Å². The Labute approximate surface area is 116 Å². The van der Waals surface area contributed by atoms with E-state index < -0.39 is 0 Å². The fourth-order valence-electron chi connectivity index (χ4n) is 3.01. The van der Waals surface area contributed by atoms with Crippen LogP contribution in [-0.2, 0) is 9.53 Å². The van der Waals surface area contributed by atoms with Gasteiger partial charge in [0.05, 0.1) is 6.26 Å². The molecule has 0 bridgehead atoms. The number of hydrogen-bond acceptors (Lipinski definition) is 2. The predicted molar refractivity (Wildman–Crippen MR) is 77.7 cm³/mol. The summed E-state index contributed by atoms with van der Waals surface area (Å²) in [6, 6.07) is 0. The SMILES string of the molecule is CC(=O)C1/C=C(/C)CC2OC=C(C)C2C/C=C(\C)C1. The van der Waals surface area contributed by atoms with Crippen LogP contribution in [0.3, 0.4) is 0 Å². The summed E-state index contributed by atoms with van der Waals surface area (Å²) >= 11 is 0. The maximum absolute atomic E-state index is 11.7. The lowest BCUT2D eigenvalue weighted by atomic mass is 9.85. The van der Waals surface area contributed by atoms with E-state index in [0.717, 1.165) is 19.3 Å². The Hall–Kier alpha value is -1.31. The number of ketones is 1. The van der Waals surface area contributed by atoms with Crippen LogP contribution in [0.15, 0.2) is 35.1 Å². The van der Waals surface area contributed by atoms with Gasteiger partial charge in [-0.25, -0.2) is 0 Å². The average molecular weight is 260 g/mol. The minimum absolute atomic E-state index is 0.0308. The van der Waals surface area contributed by atoms with E-state index >= 15 is 0 Å². The molecular formula is C17H24O2. The van der Waals surface area contributed by atoms with E-state index in [-0.39, 0.29) is 17.8 Å². The summed E-state index contributed by atoms with van der Waals surface area (Å²) in [6.45, 7) is 8.08. The topological polar surface area (TPSA) is 26.3 Å². The predicted octanol–water partition coefficient (Wildman–Crippen LogP) is 4.19. The summed E-state index contributed by atoms with van der Waals surface area (Å²) in [6.07, 6.45) is 9.38. The van der Waals surface area contributed by atoms with Gasteiger partial charge in [0.1, 0.15) is 11.9 Å². The van der Waals surface area contributed by atoms with Crippen LogP contribution in [-0.4, -0.2) is 11.9 Å². The van der Waals surface area contributed by atoms with Gasteiger partial charge >= 0.3 is 0 Å². The molecule has 0 aromatic carbocycles. The maximum atomic E-state index is 11.7. The number of allylic oxidation sites excluding steroid dienone is 3. The molecule has 104 valence electrons. The van der Waals surface area contributed by atoms with Crippen molar-refractivity contribution in [2.45, 2.75) is 53.1 Å². The molecule has 3 atom stereocenters. The second kappa shape index (κ2) is 5.77. The van der Waals surface area contributed by atoms with Gasteiger partial charge in [-0.05, 0) is 46.1 Å². The fraction of sp³-hybridized carbons (Fsp3) is 0.588. The molecule has 0 N–H and O–H groups in total. The quantitative estimate of drug-likeness (QED) is 0.661. The molecule has 0 amide bonds. The molecule has 0 saturated heterocycles. The van der Waals surface area contributed by atoms with E-state index in [9.17, 15) is 4.79 Å². The normalized spacial score (nSPS) is 37.1. The molecule has 0 spiro atoms. The van der Waals surface area contributed by atoms with E-state index in [4.69, 9.17) is 4.74 Å². The molecule has 0 aromatic rings. The van der Waals surface area contributed by atoms with Crippen molar-refractivity contribution in [3.63, 3.8) is 0 Å². The lowest BCUT2D eigenvalue weighted by molar-refractivity contribution is -0.119. The van der Waals surface area contributed by atoms with E-state index in [1.54, 1.807) is 6.92 Å². The van der Waals surface area contributed by atoms with Crippen molar-refractivity contribution in [3.05, 3.63) is 35.1 Å². The summed E-state index contributed by atoms with van der Waals surface area (Å²) in [5, 5.41) is 0. The van der Waals surface area contributed by atoms with Gasteiger partial charge in [-0.1, -0.05) is 23.3 Å². The Kier molecular flexibility index (Phi) is 4.28. The highest BCUT2D eigenvalue weighted by Crippen LogP contribution is 2.34. The number of rotatable bonds is 1. The van der Waals surface area contributed by atoms with Crippen molar-refractivity contribution < 1.29 is 9.53 Å². The smallest absolute Gasteiger partial charge is 0.136 e. The number of carbonyl (C=O) groups excluding carboxylic acids is 1. The molecule has 2 heteroatoms. The molecular weight excluding hydrogens is 236 g/mol. The third-order valence-corrected chi connectivity index (χ3v) is 4.26. The van der Waals surface area contributed by atoms with Gasteiger partial charge in [-0.3, -0.25) is 4.79 Å². The van der Waals surface area contributed by atoms with Crippen molar-refractivity contribution in [2.24, 2.45) is 11.8 Å². The van der Waals surface area contributed by atoms with E-state index in [0.29, 0.717) is 5.92 Å². The number of Topliss-reactive ketones (excluding diaryl/α,β-unsaturated/α-hetero) is 1. The Morgan fingerprint density at radius 2 is 1.95 bits per heavy atom. The lowest BCUT2D eigenvalue weighted by Gasteiger charge is -2.22. The van der Waals surface area contributed by atoms with Gasteiger partial charge in [0, 0.05) is 18.3 Å². The third kappa shape index (κ3) is 3.37. The molecule has 0 saturated carbocycles. The standard InChI is InChI=1S/C17H24O2/c1-11-5-6-16-13(3)10-19-17(16)9-12(2)8-15(7-11)14(4)18/h5,8,10,15-17H,6-7,9H2,1-4H3/b11-5+,12-8-. The number of carbonyl (C=O) groups is 1. The van der Waals surface area contributed by atoms with Crippen molar-refractivity contribution >= 4 is 5.78 Å². The van der Waals surface area contributed by atoms with Crippen molar-refractivity contribution in [1.82, 2.24) is 0 Å². The highest BCUT2D eigenvalue weighted by atomic mass is 16.5. The highest BCUT2D eigenvalue weighted by molar-refractivity contribution is 5.80. The van der Waals surface area contributed by atoms with Crippen LogP contribution in [0, 0.1) is 11.8 Å². The average Bonchev–Trinajstić information content (AvgIpc) is 2.66. The zero-order chi connectivity index (χ0) is 14.0.